The van der Waals surface area contributed by atoms with Crippen LogP contribution >= 0.6 is 0 Å². The molecule has 2 rings (SSSR count). The Morgan fingerprint density at radius 3 is 2.47 bits per heavy atom. The molecule has 0 radical (unpaired) electrons. The van der Waals surface area contributed by atoms with Crippen molar-refractivity contribution in [3.05, 3.63) is 35.9 Å². The van der Waals surface area contributed by atoms with Crippen LogP contribution in [0, 0.1) is 11.8 Å². The second-order valence-corrected chi connectivity index (χ2v) is 5.12. The van der Waals surface area contributed by atoms with Gasteiger partial charge in [-0.15, -0.1) is 0 Å². The van der Waals surface area contributed by atoms with Crippen molar-refractivity contribution >= 4 is 11.9 Å². The van der Waals surface area contributed by atoms with Gasteiger partial charge in [-0.05, 0) is 25.3 Å². The van der Waals surface area contributed by atoms with Gasteiger partial charge in [0.05, 0.1) is 17.9 Å². The van der Waals surface area contributed by atoms with Crippen molar-refractivity contribution < 1.29 is 14.7 Å². The highest BCUT2D eigenvalue weighted by Gasteiger charge is 2.37. The molecule has 0 bridgehead atoms. The number of rotatable bonds is 4. The van der Waals surface area contributed by atoms with Crippen molar-refractivity contribution in [2.24, 2.45) is 11.8 Å². The molecule has 19 heavy (non-hydrogen) atoms. The predicted molar refractivity (Wildman–Crippen MR) is 71.5 cm³/mol. The van der Waals surface area contributed by atoms with Crippen molar-refractivity contribution in [1.82, 2.24) is 5.32 Å². The second kappa shape index (κ2) is 5.87. The maximum absolute atomic E-state index is 12.2. The summed E-state index contributed by atoms with van der Waals surface area (Å²) in [7, 11) is 0. The Morgan fingerprint density at radius 1 is 1.21 bits per heavy atom. The Bertz CT molecular complexity index is 458. The van der Waals surface area contributed by atoms with Gasteiger partial charge >= 0.3 is 5.97 Å². The Morgan fingerprint density at radius 2 is 1.84 bits per heavy atom. The Kier molecular flexibility index (Phi) is 4.20. The Balaban J connectivity index is 1.99. The van der Waals surface area contributed by atoms with Gasteiger partial charge in [-0.1, -0.05) is 36.8 Å². The summed E-state index contributed by atoms with van der Waals surface area (Å²) in [4.78, 5) is 23.3. The first-order valence-electron chi connectivity index (χ1n) is 6.67. The minimum absolute atomic E-state index is 0.0938. The summed E-state index contributed by atoms with van der Waals surface area (Å²) >= 11 is 0. The molecule has 2 N–H and O–H groups in total. The zero-order valence-electron chi connectivity index (χ0n) is 11.0. The first-order chi connectivity index (χ1) is 9.09. The summed E-state index contributed by atoms with van der Waals surface area (Å²) in [5.74, 6) is -1.90. The highest BCUT2D eigenvalue weighted by atomic mass is 16.4. The summed E-state index contributed by atoms with van der Waals surface area (Å²) in [6.45, 7) is 1.91. The van der Waals surface area contributed by atoms with Crippen molar-refractivity contribution in [2.45, 2.75) is 32.2 Å². The lowest BCUT2D eigenvalue weighted by Gasteiger charge is -2.20. The first kappa shape index (κ1) is 13.6. The average Bonchev–Trinajstić information content (AvgIpc) is 2.89. The van der Waals surface area contributed by atoms with E-state index in [0.717, 1.165) is 12.0 Å². The molecule has 4 nitrogen and oxygen atoms in total. The average molecular weight is 261 g/mol. The van der Waals surface area contributed by atoms with E-state index >= 15 is 0 Å². The molecule has 4 heteroatoms. The topological polar surface area (TPSA) is 66.4 Å². The van der Waals surface area contributed by atoms with E-state index in [1.165, 1.54) is 0 Å². The smallest absolute Gasteiger partial charge is 0.307 e. The monoisotopic (exact) mass is 261 g/mol. The van der Waals surface area contributed by atoms with Crippen LogP contribution in [0.4, 0.5) is 0 Å². The van der Waals surface area contributed by atoms with E-state index in [4.69, 9.17) is 5.11 Å². The van der Waals surface area contributed by atoms with Crippen LogP contribution in [-0.4, -0.2) is 17.0 Å². The molecular formula is C15H19NO3. The van der Waals surface area contributed by atoms with Gasteiger partial charge < -0.3 is 10.4 Å². The zero-order valence-corrected chi connectivity index (χ0v) is 11.0. The molecule has 0 saturated heterocycles. The number of hydrogen-bond acceptors (Lipinski definition) is 2. The van der Waals surface area contributed by atoms with Gasteiger partial charge in [0.25, 0.3) is 0 Å². The lowest BCUT2D eigenvalue weighted by atomic mass is 9.94. The predicted octanol–water partition coefficient (Wildman–Crippen LogP) is 2.36. The van der Waals surface area contributed by atoms with E-state index in [0.29, 0.717) is 12.8 Å². The molecule has 1 amide bonds. The molecule has 0 unspecified atom stereocenters. The third-order valence-electron chi connectivity index (χ3n) is 3.83. The molecule has 1 aliphatic rings. The molecule has 1 fully saturated rings. The molecule has 0 aliphatic heterocycles. The number of carboxylic acids is 1. The number of aliphatic carboxylic acids is 1. The number of carbonyl (C=O) groups excluding carboxylic acids is 1. The Labute approximate surface area is 112 Å². The highest BCUT2D eigenvalue weighted by Crippen LogP contribution is 2.32. The molecular weight excluding hydrogens is 242 g/mol. The van der Waals surface area contributed by atoms with E-state index in [-0.39, 0.29) is 17.9 Å². The van der Waals surface area contributed by atoms with Crippen LogP contribution in [0.1, 0.15) is 37.8 Å². The number of nitrogens with one attached hydrogen (secondary N) is 1. The molecule has 1 aromatic rings. The zero-order chi connectivity index (χ0) is 13.8. The molecule has 0 spiro atoms. The van der Waals surface area contributed by atoms with Gasteiger partial charge in [-0.2, -0.15) is 0 Å². The number of benzene rings is 1. The van der Waals surface area contributed by atoms with Crippen LogP contribution < -0.4 is 5.32 Å². The first-order valence-corrected chi connectivity index (χ1v) is 6.67. The quantitative estimate of drug-likeness (QED) is 0.874. The number of amides is 1. The highest BCUT2D eigenvalue weighted by molar-refractivity contribution is 5.85. The lowest BCUT2D eigenvalue weighted by molar-refractivity contribution is -0.146. The molecule has 102 valence electrons. The van der Waals surface area contributed by atoms with Crippen molar-refractivity contribution in [1.29, 1.82) is 0 Å². The van der Waals surface area contributed by atoms with Crippen molar-refractivity contribution in [3.8, 4) is 0 Å². The van der Waals surface area contributed by atoms with Crippen LogP contribution in [0.15, 0.2) is 30.3 Å². The van der Waals surface area contributed by atoms with E-state index in [2.05, 4.69) is 5.32 Å². The lowest BCUT2D eigenvalue weighted by Crippen LogP contribution is -2.36. The standard InChI is InChI=1S/C15H19NO3/c1-10(11-6-3-2-4-7-11)16-14(17)12-8-5-9-13(12)15(18)19/h2-4,6-7,10,12-13H,5,8-9H2,1H3,(H,16,17)(H,18,19)/t10-,12+,13-/m0/s1. The molecule has 3 atom stereocenters. The SMILES string of the molecule is C[C@H](NC(=O)[C@@H]1CCC[C@@H]1C(=O)O)c1ccccc1. The molecule has 1 aromatic carbocycles. The fourth-order valence-electron chi connectivity index (χ4n) is 2.71. The van der Waals surface area contributed by atoms with Gasteiger partial charge in [0.2, 0.25) is 5.91 Å². The maximum Gasteiger partial charge on any atom is 0.307 e. The fraction of sp³-hybridized carbons (Fsp3) is 0.467. The van der Waals surface area contributed by atoms with E-state index in [1.54, 1.807) is 0 Å². The summed E-state index contributed by atoms with van der Waals surface area (Å²) < 4.78 is 0. The molecule has 1 aliphatic carbocycles. The molecule has 0 aromatic heterocycles. The van der Waals surface area contributed by atoms with Crippen molar-refractivity contribution in [2.75, 3.05) is 0 Å². The summed E-state index contributed by atoms with van der Waals surface area (Å²) in [5.41, 5.74) is 1.03. The van der Waals surface area contributed by atoms with Crippen LogP contribution in [0.5, 0.6) is 0 Å². The van der Waals surface area contributed by atoms with E-state index < -0.39 is 11.9 Å². The summed E-state index contributed by atoms with van der Waals surface area (Å²) in [6, 6.07) is 9.59. The molecule has 0 heterocycles. The van der Waals surface area contributed by atoms with Gasteiger partial charge in [0.15, 0.2) is 0 Å². The second-order valence-electron chi connectivity index (χ2n) is 5.12. The van der Waals surface area contributed by atoms with Crippen LogP contribution in [0.25, 0.3) is 0 Å². The molecule has 1 saturated carbocycles. The summed E-state index contributed by atoms with van der Waals surface area (Å²) in [5, 5.41) is 12.0. The van der Waals surface area contributed by atoms with Crippen LogP contribution in [0.3, 0.4) is 0 Å². The minimum atomic E-state index is -0.856. The number of hydrogen-bond donors (Lipinski definition) is 2. The third kappa shape index (κ3) is 3.13. The van der Waals surface area contributed by atoms with Gasteiger partial charge in [-0.3, -0.25) is 9.59 Å². The van der Waals surface area contributed by atoms with E-state index in [1.807, 2.05) is 37.3 Å². The minimum Gasteiger partial charge on any atom is -0.481 e. The Hall–Kier alpha value is -1.84. The maximum atomic E-state index is 12.2. The normalized spacial score (nSPS) is 23.8. The number of carbonyl (C=O) groups is 2. The van der Waals surface area contributed by atoms with Gasteiger partial charge in [-0.25, -0.2) is 0 Å². The fourth-order valence-corrected chi connectivity index (χ4v) is 2.71. The summed E-state index contributed by atoms with van der Waals surface area (Å²) in [6.07, 6.45) is 2.09. The van der Waals surface area contributed by atoms with Gasteiger partial charge in [0, 0.05) is 0 Å². The van der Waals surface area contributed by atoms with Crippen LogP contribution in [0.2, 0.25) is 0 Å². The number of carboxylic acid groups (broad SMARTS) is 1. The van der Waals surface area contributed by atoms with E-state index in [9.17, 15) is 9.59 Å². The third-order valence-corrected chi connectivity index (χ3v) is 3.83. The van der Waals surface area contributed by atoms with Crippen molar-refractivity contribution in [3.63, 3.8) is 0 Å². The largest absolute Gasteiger partial charge is 0.481 e. The van der Waals surface area contributed by atoms with Gasteiger partial charge in [0.1, 0.15) is 0 Å². The van der Waals surface area contributed by atoms with Crippen LogP contribution in [-0.2, 0) is 9.59 Å².